The highest BCUT2D eigenvalue weighted by atomic mass is 127. The number of hydrogen-bond donors (Lipinski definition) is 2. The van der Waals surface area contributed by atoms with Gasteiger partial charge in [0.05, 0.1) is 19.8 Å². The van der Waals surface area contributed by atoms with E-state index in [0.29, 0.717) is 31.6 Å². The molecular formula is C20H31IN6O2. The van der Waals surface area contributed by atoms with Gasteiger partial charge in [-0.1, -0.05) is 12.1 Å². The maximum Gasteiger partial charge on any atom is 0.191 e. The van der Waals surface area contributed by atoms with Crippen LogP contribution in [0.2, 0.25) is 0 Å². The van der Waals surface area contributed by atoms with E-state index in [9.17, 15) is 0 Å². The van der Waals surface area contributed by atoms with Gasteiger partial charge in [-0.05, 0) is 31.9 Å². The van der Waals surface area contributed by atoms with Crippen LogP contribution in [0.5, 0.6) is 5.75 Å². The molecule has 2 aromatic rings. The summed E-state index contributed by atoms with van der Waals surface area (Å²) in [5.74, 6) is 3.84. The van der Waals surface area contributed by atoms with Gasteiger partial charge in [-0.25, -0.2) is 0 Å². The minimum absolute atomic E-state index is 0. The van der Waals surface area contributed by atoms with Gasteiger partial charge in [0.1, 0.15) is 11.6 Å². The van der Waals surface area contributed by atoms with E-state index in [1.165, 1.54) is 5.56 Å². The van der Waals surface area contributed by atoms with Gasteiger partial charge in [0.25, 0.3) is 0 Å². The predicted molar refractivity (Wildman–Crippen MR) is 124 cm³/mol. The van der Waals surface area contributed by atoms with Crippen LogP contribution in [0.15, 0.2) is 23.2 Å². The maximum absolute atomic E-state index is 6.11. The summed E-state index contributed by atoms with van der Waals surface area (Å²) in [7, 11) is 3.71. The lowest BCUT2D eigenvalue weighted by Crippen LogP contribution is -2.37. The fourth-order valence-corrected chi connectivity index (χ4v) is 3.03. The maximum atomic E-state index is 6.11. The second kappa shape index (κ2) is 11.3. The molecule has 0 saturated carbocycles. The van der Waals surface area contributed by atoms with E-state index in [-0.39, 0.29) is 24.0 Å². The second-order valence-electron chi connectivity index (χ2n) is 7.15. The summed E-state index contributed by atoms with van der Waals surface area (Å²) < 4.78 is 13.5. The molecule has 1 aromatic carbocycles. The van der Waals surface area contributed by atoms with Gasteiger partial charge in [0.2, 0.25) is 0 Å². The molecule has 2 N–H and O–H groups in total. The van der Waals surface area contributed by atoms with E-state index in [4.69, 9.17) is 9.47 Å². The Labute approximate surface area is 189 Å². The molecule has 0 spiro atoms. The van der Waals surface area contributed by atoms with Gasteiger partial charge in [-0.2, -0.15) is 0 Å². The molecule has 1 fully saturated rings. The van der Waals surface area contributed by atoms with E-state index < -0.39 is 0 Å². The Morgan fingerprint density at radius 3 is 2.72 bits per heavy atom. The van der Waals surface area contributed by atoms with Gasteiger partial charge < -0.3 is 24.7 Å². The molecule has 3 rings (SSSR count). The largest absolute Gasteiger partial charge is 0.493 e. The first-order valence-electron chi connectivity index (χ1n) is 9.66. The molecule has 0 bridgehead atoms. The van der Waals surface area contributed by atoms with E-state index in [2.05, 4.69) is 50.9 Å². The van der Waals surface area contributed by atoms with Gasteiger partial charge in [-0.15, -0.1) is 34.2 Å². The molecule has 1 atom stereocenters. The first-order valence-corrected chi connectivity index (χ1v) is 9.66. The summed E-state index contributed by atoms with van der Waals surface area (Å²) in [6.45, 7) is 7.49. The monoisotopic (exact) mass is 514 g/mol. The van der Waals surface area contributed by atoms with Crippen LogP contribution >= 0.6 is 24.0 Å². The number of ether oxygens (including phenoxy) is 2. The first kappa shape index (κ1) is 23.4. The SMILES string of the molecule is CN=C(NCc1ccc(C)cc1OCC1CCOC1)NCc1nnc(C)n1C.I. The molecule has 2 heterocycles. The van der Waals surface area contributed by atoms with Crippen molar-refractivity contribution in [3.8, 4) is 5.75 Å². The van der Waals surface area contributed by atoms with Gasteiger partial charge in [0.15, 0.2) is 11.8 Å². The number of benzene rings is 1. The molecule has 1 aromatic heterocycles. The molecule has 1 aliphatic rings. The Morgan fingerprint density at radius 1 is 1.28 bits per heavy atom. The van der Waals surface area contributed by atoms with Crippen LogP contribution in [0.25, 0.3) is 0 Å². The Morgan fingerprint density at radius 2 is 2.07 bits per heavy atom. The van der Waals surface area contributed by atoms with Crippen LogP contribution in [0.3, 0.4) is 0 Å². The van der Waals surface area contributed by atoms with Crippen molar-refractivity contribution < 1.29 is 9.47 Å². The van der Waals surface area contributed by atoms with Gasteiger partial charge in [-0.3, -0.25) is 4.99 Å². The standard InChI is InChI=1S/C20H30N6O2.HI/c1-14-5-6-17(18(9-14)28-13-16-7-8-27-12-16)10-22-20(21-3)23-11-19-25-24-15(2)26(19)4;/h5-6,9,16H,7-8,10-13H2,1-4H3,(H2,21,22,23);1H. The fraction of sp³-hybridized carbons (Fsp3) is 0.550. The average Bonchev–Trinajstić information content (AvgIpc) is 3.32. The third-order valence-electron chi connectivity index (χ3n) is 4.99. The summed E-state index contributed by atoms with van der Waals surface area (Å²) in [5, 5.41) is 14.9. The lowest BCUT2D eigenvalue weighted by molar-refractivity contribution is 0.166. The van der Waals surface area contributed by atoms with Crippen molar-refractivity contribution in [2.45, 2.75) is 33.4 Å². The topological polar surface area (TPSA) is 85.6 Å². The first-order chi connectivity index (χ1) is 13.6. The normalized spacial score (nSPS) is 16.4. The Hall–Kier alpha value is -1.88. The van der Waals surface area contributed by atoms with Crippen molar-refractivity contribution >= 4 is 29.9 Å². The molecule has 8 nitrogen and oxygen atoms in total. The number of nitrogens with one attached hydrogen (secondary N) is 2. The zero-order valence-electron chi connectivity index (χ0n) is 17.6. The van der Waals surface area contributed by atoms with E-state index in [1.54, 1.807) is 7.05 Å². The smallest absolute Gasteiger partial charge is 0.191 e. The van der Waals surface area contributed by atoms with Gasteiger partial charge in [0, 0.05) is 38.7 Å². The van der Waals surface area contributed by atoms with Crippen molar-refractivity contribution in [2.24, 2.45) is 18.0 Å². The van der Waals surface area contributed by atoms with Crippen LogP contribution in [-0.2, 0) is 24.9 Å². The number of aromatic nitrogens is 3. The lowest BCUT2D eigenvalue weighted by Gasteiger charge is -2.17. The molecule has 0 radical (unpaired) electrons. The third-order valence-corrected chi connectivity index (χ3v) is 4.99. The summed E-state index contributed by atoms with van der Waals surface area (Å²) in [6, 6.07) is 6.29. The fourth-order valence-electron chi connectivity index (χ4n) is 3.03. The number of hydrogen-bond acceptors (Lipinski definition) is 5. The average molecular weight is 514 g/mol. The molecule has 0 aliphatic carbocycles. The number of aryl methyl sites for hydroxylation is 2. The number of halogens is 1. The molecule has 160 valence electrons. The summed E-state index contributed by atoms with van der Waals surface area (Å²) in [4.78, 5) is 4.29. The van der Waals surface area contributed by atoms with E-state index in [0.717, 1.165) is 42.6 Å². The van der Waals surface area contributed by atoms with Crippen LogP contribution in [-0.4, -0.2) is 47.6 Å². The lowest BCUT2D eigenvalue weighted by atomic mass is 10.1. The van der Waals surface area contributed by atoms with Crippen LogP contribution < -0.4 is 15.4 Å². The Kier molecular flexibility index (Phi) is 9.15. The molecule has 0 amide bonds. The highest BCUT2D eigenvalue weighted by molar-refractivity contribution is 14.0. The predicted octanol–water partition coefficient (Wildman–Crippen LogP) is 2.33. The van der Waals surface area contributed by atoms with Crippen LogP contribution in [0, 0.1) is 19.8 Å². The number of aliphatic imine (C=N–C) groups is 1. The molecule has 29 heavy (non-hydrogen) atoms. The molecule has 9 heteroatoms. The molecule has 1 unspecified atom stereocenters. The highest BCUT2D eigenvalue weighted by Crippen LogP contribution is 2.22. The summed E-state index contributed by atoms with van der Waals surface area (Å²) in [5.41, 5.74) is 2.28. The van der Waals surface area contributed by atoms with E-state index >= 15 is 0 Å². The van der Waals surface area contributed by atoms with E-state index in [1.807, 2.05) is 18.5 Å². The summed E-state index contributed by atoms with van der Waals surface area (Å²) >= 11 is 0. The minimum atomic E-state index is 0. The van der Waals surface area contributed by atoms with Crippen LogP contribution in [0.1, 0.15) is 29.2 Å². The zero-order valence-corrected chi connectivity index (χ0v) is 19.9. The van der Waals surface area contributed by atoms with Crippen molar-refractivity contribution in [1.82, 2.24) is 25.4 Å². The minimum Gasteiger partial charge on any atom is -0.493 e. The third kappa shape index (κ3) is 6.56. The number of nitrogens with zero attached hydrogens (tertiary/aromatic N) is 4. The molecule has 1 aliphatic heterocycles. The second-order valence-corrected chi connectivity index (χ2v) is 7.15. The molecule has 1 saturated heterocycles. The summed E-state index contributed by atoms with van der Waals surface area (Å²) in [6.07, 6.45) is 1.07. The molecular weight excluding hydrogens is 483 g/mol. The van der Waals surface area contributed by atoms with Crippen molar-refractivity contribution in [3.63, 3.8) is 0 Å². The number of guanidine groups is 1. The zero-order chi connectivity index (χ0) is 19.9. The Bertz CT molecular complexity index is 817. The Balaban J connectivity index is 0.00000300. The van der Waals surface area contributed by atoms with Crippen molar-refractivity contribution in [2.75, 3.05) is 26.9 Å². The van der Waals surface area contributed by atoms with Gasteiger partial charge >= 0.3 is 0 Å². The highest BCUT2D eigenvalue weighted by Gasteiger charge is 2.17. The van der Waals surface area contributed by atoms with Crippen LogP contribution in [0.4, 0.5) is 0 Å². The quantitative estimate of drug-likeness (QED) is 0.335. The van der Waals surface area contributed by atoms with Crippen molar-refractivity contribution in [1.29, 1.82) is 0 Å². The van der Waals surface area contributed by atoms with Crippen molar-refractivity contribution in [3.05, 3.63) is 41.0 Å². The number of rotatable bonds is 7.